The summed E-state index contributed by atoms with van der Waals surface area (Å²) in [6, 6.07) is 12.6. The third-order valence-electron chi connectivity index (χ3n) is 3.21. The second-order valence-corrected chi connectivity index (χ2v) is 4.64. The van der Waals surface area contributed by atoms with Gasteiger partial charge in [-0.05, 0) is 36.6 Å². The quantitative estimate of drug-likeness (QED) is 0.913. The van der Waals surface area contributed by atoms with Crippen molar-refractivity contribution in [2.45, 2.75) is 19.4 Å². The van der Waals surface area contributed by atoms with Gasteiger partial charge in [0.15, 0.2) is 0 Å². The highest BCUT2D eigenvalue weighted by Crippen LogP contribution is 2.22. The van der Waals surface area contributed by atoms with Crippen molar-refractivity contribution in [1.29, 1.82) is 0 Å². The van der Waals surface area contributed by atoms with Crippen LogP contribution in [0.5, 0.6) is 5.75 Å². The molecule has 0 fully saturated rings. The van der Waals surface area contributed by atoms with E-state index in [2.05, 4.69) is 0 Å². The molecule has 2 N–H and O–H groups in total. The first-order chi connectivity index (χ1) is 9.11. The van der Waals surface area contributed by atoms with E-state index in [4.69, 9.17) is 10.5 Å². The molecule has 0 saturated carbocycles. The number of halogens is 1. The maximum atomic E-state index is 14.0. The van der Waals surface area contributed by atoms with Crippen LogP contribution in [0, 0.1) is 12.7 Å². The molecule has 0 spiro atoms. The smallest absolute Gasteiger partial charge is 0.130 e. The molecule has 2 aromatic carbocycles. The molecule has 0 amide bonds. The third kappa shape index (κ3) is 3.12. The molecule has 19 heavy (non-hydrogen) atoms. The summed E-state index contributed by atoms with van der Waals surface area (Å²) in [5.41, 5.74) is 8.32. The molecule has 3 heteroatoms. The normalized spacial score (nSPS) is 12.2. The Labute approximate surface area is 113 Å². The van der Waals surface area contributed by atoms with Crippen molar-refractivity contribution in [3.8, 4) is 5.75 Å². The molecular formula is C16H18FNO. The standard InChI is InChI=1S/C16H18FNO/c1-11-5-3-8-14(16(11)17)15(18)10-12-6-4-7-13(9-12)19-2/h3-9,15H,10,18H2,1-2H3. The van der Waals surface area contributed by atoms with Gasteiger partial charge in [-0.1, -0.05) is 30.3 Å². The number of hydrogen-bond donors (Lipinski definition) is 1. The van der Waals surface area contributed by atoms with Gasteiger partial charge in [0.1, 0.15) is 11.6 Å². The lowest BCUT2D eigenvalue weighted by Gasteiger charge is -2.14. The fourth-order valence-corrected chi connectivity index (χ4v) is 2.12. The predicted molar refractivity (Wildman–Crippen MR) is 74.8 cm³/mol. The van der Waals surface area contributed by atoms with Crippen molar-refractivity contribution in [2.75, 3.05) is 7.11 Å². The SMILES string of the molecule is COc1cccc(CC(N)c2cccc(C)c2F)c1. The summed E-state index contributed by atoms with van der Waals surface area (Å²) < 4.78 is 19.2. The molecule has 0 saturated heterocycles. The molecular weight excluding hydrogens is 241 g/mol. The van der Waals surface area contributed by atoms with E-state index < -0.39 is 0 Å². The Kier molecular flexibility index (Phi) is 4.17. The molecule has 1 unspecified atom stereocenters. The second kappa shape index (κ2) is 5.85. The Hall–Kier alpha value is -1.87. The van der Waals surface area contributed by atoms with E-state index in [9.17, 15) is 4.39 Å². The summed E-state index contributed by atoms with van der Waals surface area (Å²) in [4.78, 5) is 0. The summed E-state index contributed by atoms with van der Waals surface area (Å²) >= 11 is 0. The number of aryl methyl sites for hydroxylation is 1. The van der Waals surface area contributed by atoms with E-state index in [1.807, 2.05) is 30.3 Å². The van der Waals surface area contributed by atoms with Gasteiger partial charge in [-0.2, -0.15) is 0 Å². The van der Waals surface area contributed by atoms with Gasteiger partial charge in [-0.25, -0.2) is 4.39 Å². The van der Waals surface area contributed by atoms with E-state index in [1.54, 1.807) is 26.2 Å². The fraction of sp³-hybridized carbons (Fsp3) is 0.250. The largest absolute Gasteiger partial charge is 0.497 e. The molecule has 0 aromatic heterocycles. The first-order valence-electron chi connectivity index (χ1n) is 6.25. The van der Waals surface area contributed by atoms with Gasteiger partial charge in [0.25, 0.3) is 0 Å². The van der Waals surface area contributed by atoms with E-state index >= 15 is 0 Å². The molecule has 2 nitrogen and oxygen atoms in total. The molecule has 1 atom stereocenters. The van der Waals surface area contributed by atoms with Crippen molar-refractivity contribution in [2.24, 2.45) is 5.73 Å². The average Bonchev–Trinajstić information content (AvgIpc) is 2.42. The van der Waals surface area contributed by atoms with Gasteiger partial charge in [0, 0.05) is 11.6 Å². The third-order valence-corrected chi connectivity index (χ3v) is 3.21. The Morgan fingerprint density at radius 1 is 1.21 bits per heavy atom. The zero-order valence-electron chi connectivity index (χ0n) is 11.2. The van der Waals surface area contributed by atoms with Crippen molar-refractivity contribution in [3.05, 3.63) is 65.0 Å². The van der Waals surface area contributed by atoms with Gasteiger partial charge in [0.2, 0.25) is 0 Å². The van der Waals surface area contributed by atoms with Crippen LogP contribution in [0.1, 0.15) is 22.7 Å². The van der Waals surface area contributed by atoms with Crippen LogP contribution in [-0.4, -0.2) is 7.11 Å². The van der Waals surface area contributed by atoms with Gasteiger partial charge >= 0.3 is 0 Å². The molecule has 2 rings (SSSR count). The van der Waals surface area contributed by atoms with Crippen molar-refractivity contribution >= 4 is 0 Å². The molecule has 2 aromatic rings. The summed E-state index contributed by atoms with van der Waals surface area (Å²) in [6.45, 7) is 1.75. The van der Waals surface area contributed by atoms with Crippen LogP contribution in [0.2, 0.25) is 0 Å². The minimum Gasteiger partial charge on any atom is -0.497 e. The minimum atomic E-state index is -0.355. The molecule has 0 radical (unpaired) electrons. The van der Waals surface area contributed by atoms with Crippen LogP contribution < -0.4 is 10.5 Å². The Morgan fingerprint density at radius 3 is 2.68 bits per heavy atom. The monoisotopic (exact) mass is 259 g/mol. The highest BCUT2D eigenvalue weighted by atomic mass is 19.1. The lowest BCUT2D eigenvalue weighted by atomic mass is 9.97. The number of rotatable bonds is 4. The van der Waals surface area contributed by atoms with Crippen molar-refractivity contribution < 1.29 is 9.13 Å². The second-order valence-electron chi connectivity index (χ2n) is 4.64. The summed E-state index contributed by atoms with van der Waals surface area (Å²) in [7, 11) is 1.62. The van der Waals surface area contributed by atoms with Gasteiger partial charge in [-0.3, -0.25) is 0 Å². The van der Waals surface area contributed by atoms with Crippen LogP contribution in [-0.2, 0) is 6.42 Å². The summed E-state index contributed by atoms with van der Waals surface area (Å²) in [5.74, 6) is 0.576. The summed E-state index contributed by atoms with van der Waals surface area (Å²) in [6.07, 6.45) is 0.581. The molecule has 0 aliphatic carbocycles. The molecule has 0 aliphatic rings. The first-order valence-corrected chi connectivity index (χ1v) is 6.25. The number of benzene rings is 2. The average molecular weight is 259 g/mol. The predicted octanol–water partition coefficient (Wildman–Crippen LogP) is 3.39. The van der Waals surface area contributed by atoms with E-state index in [0.717, 1.165) is 11.3 Å². The zero-order valence-corrected chi connectivity index (χ0v) is 11.2. The fourth-order valence-electron chi connectivity index (χ4n) is 2.12. The zero-order chi connectivity index (χ0) is 13.8. The number of nitrogens with two attached hydrogens (primary N) is 1. The molecule has 0 aliphatic heterocycles. The van der Waals surface area contributed by atoms with E-state index in [-0.39, 0.29) is 11.9 Å². The molecule has 100 valence electrons. The highest BCUT2D eigenvalue weighted by Gasteiger charge is 2.13. The van der Waals surface area contributed by atoms with Crippen LogP contribution in [0.4, 0.5) is 4.39 Å². The Bertz CT molecular complexity index is 568. The van der Waals surface area contributed by atoms with Gasteiger partial charge in [0.05, 0.1) is 7.11 Å². The van der Waals surface area contributed by atoms with Crippen molar-refractivity contribution in [3.63, 3.8) is 0 Å². The topological polar surface area (TPSA) is 35.2 Å². The van der Waals surface area contributed by atoms with Gasteiger partial charge < -0.3 is 10.5 Å². The lowest BCUT2D eigenvalue weighted by Crippen LogP contribution is -2.15. The Balaban J connectivity index is 2.20. The maximum Gasteiger partial charge on any atom is 0.130 e. The van der Waals surface area contributed by atoms with Gasteiger partial charge in [-0.15, -0.1) is 0 Å². The number of ether oxygens (including phenoxy) is 1. The molecule has 0 bridgehead atoms. The van der Waals surface area contributed by atoms with Crippen LogP contribution >= 0.6 is 0 Å². The first kappa shape index (κ1) is 13.6. The number of hydrogen-bond acceptors (Lipinski definition) is 2. The van der Waals surface area contributed by atoms with Crippen LogP contribution in [0.25, 0.3) is 0 Å². The van der Waals surface area contributed by atoms with E-state index in [0.29, 0.717) is 17.5 Å². The molecule has 0 heterocycles. The highest BCUT2D eigenvalue weighted by molar-refractivity contribution is 5.32. The van der Waals surface area contributed by atoms with Crippen LogP contribution in [0.3, 0.4) is 0 Å². The summed E-state index contributed by atoms with van der Waals surface area (Å²) in [5, 5.41) is 0. The Morgan fingerprint density at radius 2 is 1.95 bits per heavy atom. The van der Waals surface area contributed by atoms with Crippen molar-refractivity contribution in [1.82, 2.24) is 0 Å². The number of methoxy groups -OCH3 is 1. The lowest BCUT2D eigenvalue weighted by molar-refractivity contribution is 0.414. The maximum absolute atomic E-state index is 14.0. The van der Waals surface area contributed by atoms with E-state index in [1.165, 1.54) is 0 Å². The minimum absolute atomic E-state index is 0.210. The van der Waals surface area contributed by atoms with Crippen LogP contribution in [0.15, 0.2) is 42.5 Å².